The summed E-state index contributed by atoms with van der Waals surface area (Å²) in [6.45, 7) is 0.873. The van der Waals surface area contributed by atoms with E-state index in [4.69, 9.17) is 9.47 Å². The fourth-order valence-corrected chi connectivity index (χ4v) is 4.89. The number of amides is 1. The van der Waals surface area contributed by atoms with Gasteiger partial charge in [0.05, 0.1) is 24.4 Å². The Morgan fingerprint density at radius 2 is 1.95 bits per heavy atom. The molecule has 216 valence electrons. The number of benzene rings is 2. The van der Waals surface area contributed by atoms with Crippen LogP contribution in [0.25, 0.3) is 0 Å². The lowest BCUT2D eigenvalue weighted by Gasteiger charge is -2.32. The summed E-state index contributed by atoms with van der Waals surface area (Å²) in [5, 5.41) is 5.50. The molecule has 1 unspecified atom stereocenters. The average Bonchev–Trinajstić information content (AvgIpc) is 3.31. The smallest absolute Gasteiger partial charge is 0.423 e. The van der Waals surface area contributed by atoms with Gasteiger partial charge in [-0.2, -0.15) is 18.2 Å². The molecule has 2 atom stereocenters. The van der Waals surface area contributed by atoms with Gasteiger partial charge in [-0.1, -0.05) is 12.1 Å². The number of aromatic nitrogens is 2. The first-order valence-corrected chi connectivity index (χ1v) is 12.9. The minimum absolute atomic E-state index is 0.0202. The number of fused-ring (bicyclic) bond motifs is 1. The van der Waals surface area contributed by atoms with Crippen LogP contribution in [-0.4, -0.2) is 66.0 Å². The fourth-order valence-electron chi connectivity index (χ4n) is 4.89. The Kier molecular flexibility index (Phi) is 7.80. The summed E-state index contributed by atoms with van der Waals surface area (Å²) in [7, 11) is 3.16. The lowest BCUT2D eigenvalue weighted by atomic mass is 10.0. The number of ketones is 1. The molecule has 9 nitrogen and oxygen atoms in total. The molecule has 1 aromatic heterocycles. The number of halogens is 4. The van der Waals surface area contributed by atoms with Crippen LogP contribution in [0, 0.1) is 0 Å². The maximum Gasteiger partial charge on any atom is 0.423 e. The van der Waals surface area contributed by atoms with Crippen LogP contribution in [-0.2, 0) is 12.6 Å². The van der Waals surface area contributed by atoms with E-state index in [1.54, 1.807) is 12.1 Å². The molecule has 1 saturated heterocycles. The molecule has 0 saturated carbocycles. The molecule has 0 radical (unpaired) electrons. The van der Waals surface area contributed by atoms with E-state index in [0.717, 1.165) is 0 Å². The summed E-state index contributed by atoms with van der Waals surface area (Å²) in [5.41, 5.74) is 0.181. The van der Waals surface area contributed by atoms with Crippen molar-refractivity contribution in [2.45, 2.75) is 37.7 Å². The van der Waals surface area contributed by atoms with Crippen molar-refractivity contribution in [3.8, 4) is 17.4 Å². The zero-order valence-corrected chi connectivity index (χ0v) is 22.2. The topological polar surface area (TPSA) is 106 Å². The number of aryl methyl sites for hydroxylation is 1. The molecular weight excluding hydrogens is 546 g/mol. The van der Waals surface area contributed by atoms with Gasteiger partial charge in [0.15, 0.2) is 5.78 Å². The summed E-state index contributed by atoms with van der Waals surface area (Å²) in [5.74, 6) is -1.57. The van der Waals surface area contributed by atoms with Crippen molar-refractivity contribution in [3.63, 3.8) is 0 Å². The first-order valence-electron chi connectivity index (χ1n) is 12.9. The van der Waals surface area contributed by atoms with Gasteiger partial charge in [0.2, 0.25) is 11.8 Å². The number of hydrogen-bond donors (Lipinski definition) is 2. The number of carbonyl (C=O) groups excluding carboxylic acids is 2. The Balaban J connectivity index is 1.39. The van der Waals surface area contributed by atoms with Gasteiger partial charge in [-0.15, -0.1) is 0 Å². The van der Waals surface area contributed by atoms with Gasteiger partial charge in [-0.05, 0) is 49.7 Å². The molecule has 2 aromatic carbocycles. The minimum Gasteiger partial charge on any atom is -0.495 e. The van der Waals surface area contributed by atoms with Crippen molar-refractivity contribution in [3.05, 3.63) is 64.8 Å². The van der Waals surface area contributed by atoms with E-state index < -0.39 is 35.7 Å². The first kappa shape index (κ1) is 28.3. The van der Waals surface area contributed by atoms with Crippen molar-refractivity contribution >= 4 is 23.3 Å². The van der Waals surface area contributed by atoms with Gasteiger partial charge < -0.3 is 25.0 Å². The highest BCUT2D eigenvalue weighted by Gasteiger charge is 2.37. The number of Topliss-reactive ketones (excluding diaryl/α,β-unsaturated/α-hetero) is 1. The summed E-state index contributed by atoms with van der Waals surface area (Å²) < 4.78 is 66.7. The summed E-state index contributed by atoms with van der Waals surface area (Å²) in [4.78, 5) is 34.7. The van der Waals surface area contributed by atoms with E-state index in [2.05, 4.69) is 20.6 Å². The second kappa shape index (κ2) is 11.3. The maximum atomic E-state index is 14.4. The summed E-state index contributed by atoms with van der Waals surface area (Å²) in [6, 6.07) is 8.47. The molecule has 0 spiro atoms. The highest BCUT2D eigenvalue weighted by Crippen LogP contribution is 2.40. The number of hydrogen-bond acceptors (Lipinski definition) is 8. The van der Waals surface area contributed by atoms with Crippen molar-refractivity contribution in [2.24, 2.45) is 0 Å². The second-order valence-electron chi connectivity index (χ2n) is 9.91. The van der Waals surface area contributed by atoms with Crippen molar-refractivity contribution in [1.29, 1.82) is 0 Å². The van der Waals surface area contributed by atoms with Gasteiger partial charge in [-0.3, -0.25) is 9.59 Å². The number of carbonyl (C=O) groups is 2. The SMILES string of the molecule is COc1cc(C(=O)NC2CCN(C)C[C@H]2F)ccc1Nc1ncc(C(F)(F)F)c(Oc2cccc3c2C(=O)CC3)n1. The molecule has 5 rings (SSSR count). The molecular formula is C28H27F4N5O4. The molecule has 1 amide bonds. The number of methoxy groups -OCH3 is 1. The Morgan fingerprint density at radius 1 is 1.15 bits per heavy atom. The monoisotopic (exact) mass is 573 g/mol. The molecule has 13 heteroatoms. The van der Waals surface area contributed by atoms with Crippen molar-refractivity contribution < 1.29 is 36.6 Å². The first-order chi connectivity index (χ1) is 19.5. The van der Waals surface area contributed by atoms with Crippen LogP contribution in [0.2, 0.25) is 0 Å². The average molecular weight is 574 g/mol. The Bertz CT molecular complexity index is 1480. The van der Waals surface area contributed by atoms with Gasteiger partial charge in [0, 0.05) is 31.3 Å². The van der Waals surface area contributed by atoms with Gasteiger partial charge >= 0.3 is 6.18 Å². The molecule has 1 aliphatic carbocycles. The van der Waals surface area contributed by atoms with Gasteiger partial charge in [-0.25, -0.2) is 9.37 Å². The van der Waals surface area contributed by atoms with E-state index in [-0.39, 0.29) is 53.0 Å². The summed E-state index contributed by atoms with van der Waals surface area (Å²) in [6.07, 6.45) is -4.25. The number of anilines is 2. The Labute approximate surface area is 232 Å². The maximum absolute atomic E-state index is 14.4. The largest absolute Gasteiger partial charge is 0.495 e. The number of ether oxygens (including phenoxy) is 2. The summed E-state index contributed by atoms with van der Waals surface area (Å²) >= 11 is 0. The zero-order chi connectivity index (χ0) is 29.3. The number of alkyl halides is 4. The number of nitrogens with zero attached hydrogens (tertiary/aromatic N) is 3. The standard InChI is InChI=1S/C28H27F4N5O4/c1-37-11-10-19(18(29)14-37)34-25(39)16-6-8-20(23(12-16)40-2)35-27-33-13-17(28(30,31)32)26(36-27)41-22-5-3-4-15-7-9-21(38)24(15)22/h3-6,8,12-13,18-19H,7,9-11,14H2,1-2H3,(H,34,39)(H,33,35,36)/t18-,19?/m1/s1. The molecule has 41 heavy (non-hydrogen) atoms. The number of nitrogens with one attached hydrogen (secondary N) is 2. The molecule has 2 aliphatic rings. The molecule has 0 bridgehead atoms. The fraction of sp³-hybridized carbons (Fsp3) is 0.357. The van der Waals surface area contributed by atoms with Crippen LogP contribution in [0.15, 0.2) is 42.6 Å². The van der Waals surface area contributed by atoms with Crippen LogP contribution in [0.4, 0.5) is 29.2 Å². The van der Waals surface area contributed by atoms with Gasteiger partial charge in [0.25, 0.3) is 5.91 Å². The Hall–Kier alpha value is -4.26. The molecule has 1 aliphatic heterocycles. The van der Waals surface area contributed by atoms with Crippen LogP contribution < -0.4 is 20.1 Å². The van der Waals surface area contributed by atoms with E-state index in [1.807, 2.05) is 11.9 Å². The second-order valence-corrected chi connectivity index (χ2v) is 9.91. The predicted octanol–water partition coefficient (Wildman–Crippen LogP) is 4.94. The number of likely N-dealkylation sites (tertiary alicyclic amines) is 1. The number of rotatable bonds is 7. The predicted molar refractivity (Wildman–Crippen MR) is 141 cm³/mol. The van der Waals surface area contributed by atoms with E-state index in [9.17, 15) is 27.2 Å². The third kappa shape index (κ3) is 6.09. The van der Waals surface area contributed by atoms with E-state index in [1.165, 1.54) is 31.4 Å². The Morgan fingerprint density at radius 3 is 2.68 bits per heavy atom. The highest BCUT2D eigenvalue weighted by atomic mass is 19.4. The molecule has 2 heterocycles. The third-order valence-electron chi connectivity index (χ3n) is 7.05. The van der Waals surface area contributed by atoms with Crippen LogP contribution in [0.5, 0.6) is 17.4 Å². The highest BCUT2D eigenvalue weighted by molar-refractivity contribution is 6.03. The van der Waals surface area contributed by atoms with Crippen LogP contribution in [0.3, 0.4) is 0 Å². The van der Waals surface area contributed by atoms with Gasteiger partial charge in [0.1, 0.15) is 23.2 Å². The molecule has 2 N–H and O–H groups in total. The van der Waals surface area contributed by atoms with E-state index >= 15 is 0 Å². The van der Waals surface area contributed by atoms with E-state index in [0.29, 0.717) is 31.1 Å². The number of piperidine rings is 1. The third-order valence-corrected chi connectivity index (χ3v) is 7.05. The lowest BCUT2D eigenvalue weighted by molar-refractivity contribution is -0.139. The minimum atomic E-state index is -4.82. The molecule has 1 fully saturated rings. The molecule has 3 aromatic rings. The lowest BCUT2D eigenvalue weighted by Crippen LogP contribution is -2.51. The van der Waals surface area contributed by atoms with Crippen molar-refractivity contribution in [1.82, 2.24) is 20.2 Å². The quantitative estimate of drug-likeness (QED) is 0.383. The van der Waals surface area contributed by atoms with Crippen molar-refractivity contribution in [2.75, 3.05) is 32.6 Å². The normalized spacial score (nSPS) is 19.0. The zero-order valence-electron chi connectivity index (χ0n) is 22.2. The van der Waals surface area contributed by atoms with Crippen LogP contribution >= 0.6 is 0 Å². The van der Waals surface area contributed by atoms with Crippen LogP contribution in [0.1, 0.15) is 44.7 Å².